The van der Waals surface area contributed by atoms with Gasteiger partial charge in [-0.2, -0.15) is 0 Å². The molecule has 0 aliphatic rings. The topological polar surface area (TPSA) is 3.24 Å². The average molecular weight is 289 g/mol. The Labute approximate surface area is 101 Å². The van der Waals surface area contributed by atoms with Crippen molar-refractivity contribution in [2.24, 2.45) is 0 Å². The minimum atomic E-state index is 1.19. The van der Waals surface area contributed by atoms with Crippen LogP contribution in [0.25, 0.3) is 11.1 Å². The number of benzene rings is 2. The van der Waals surface area contributed by atoms with Gasteiger partial charge in [0, 0.05) is 0 Å². The summed E-state index contributed by atoms with van der Waals surface area (Å²) in [4.78, 5) is 0. The predicted octanol–water partition coefficient (Wildman–Crippen LogP) is 3.25. The summed E-state index contributed by atoms with van der Waals surface area (Å²) < 4.78 is 1.99. The molecule has 0 spiro atoms. The van der Waals surface area contributed by atoms with Crippen LogP contribution in [0.5, 0.6) is 0 Å². The zero-order valence-electron chi connectivity index (χ0n) is 8.46. The van der Waals surface area contributed by atoms with E-state index in [9.17, 15) is 0 Å². The molecule has 77 valence electrons. The number of hydrogen-bond donors (Lipinski definition) is 0. The number of anilines is 1. The Hall–Kier alpha value is -1.10. The fourth-order valence-electron chi connectivity index (χ4n) is 1.59. The SMILES string of the molecule is C[N]([Pd+2])c1ccccc1-c1ccccc1. The molecule has 0 amide bonds. The molecule has 0 saturated heterocycles. The van der Waals surface area contributed by atoms with E-state index in [0.717, 1.165) is 0 Å². The Morgan fingerprint density at radius 1 is 0.867 bits per heavy atom. The molecule has 0 fully saturated rings. The Kier molecular flexibility index (Phi) is 3.21. The molecule has 2 aromatic carbocycles. The Morgan fingerprint density at radius 2 is 1.47 bits per heavy atom. The zero-order chi connectivity index (χ0) is 10.7. The van der Waals surface area contributed by atoms with Crippen molar-refractivity contribution in [2.45, 2.75) is 0 Å². The van der Waals surface area contributed by atoms with Crippen LogP contribution >= 0.6 is 0 Å². The van der Waals surface area contributed by atoms with Crippen LogP contribution < -0.4 is 3.53 Å². The second-order valence-electron chi connectivity index (χ2n) is 3.32. The van der Waals surface area contributed by atoms with E-state index in [4.69, 9.17) is 0 Å². The van der Waals surface area contributed by atoms with Crippen LogP contribution in [0.2, 0.25) is 0 Å². The minimum absolute atomic E-state index is 1.19. The van der Waals surface area contributed by atoms with Crippen molar-refractivity contribution in [3.63, 3.8) is 0 Å². The molecule has 0 bridgehead atoms. The number of para-hydroxylation sites is 1. The van der Waals surface area contributed by atoms with E-state index in [0.29, 0.717) is 0 Å². The van der Waals surface area contributed by atoms with E-state index in [2.05, 4.69) is 61.9 Å². The first-order chi connectivity index (χ1) is 7.29. The molecule has 15 heavy (non-hydrogen) atoms. The van der Waals surface area contributed by atoms with Gasteiger partial charge in [-0.15, -0.1) is 0 Å². The molecule has 0 saturated carbocycles. The summed E-state index contributed by atoms with van der Waals surface area (Å²) in [6.07, 6.45) is 0. The van der Waals surface area contributed by atoms with Crippen LogP contribution in [-0.2, 0) is 19.4 Å². The first-order valence-corrected chi connectivity index (χ1v) is 5.50. The van der Waals surface area contributed by atoms with Crippen LogP contribution in [0.15, 0.2) is 54.6 Å². The molecule has 1 nitrogen and oxygen atoms in total. The van der Waals surface area contributed by atoms with Crippen LogP contribution in [0.3, 0.4) is 0 Å². The molecule has 0 unspecified atom stereocenters. The third-order valence-corrected chi connectivity index (χ3v) is 2.68. The first kappa shape index (κ1) is 10.4. The molecule has 0 heterocycles. The van der Waals surface area contributed by atoms with E-state index < -0.39 is 0 Å². The molecular formula is C13H12NPd+2. The standard InChI is InChI=1S/C13H12N.Pd/c1-14-13-10-6-5-9-12(13)11-7-3-2-4-8-11;/h2-10H,1H3;/q-1;+3. The third-order valence-electron chi connectivity index (χ3n) is 2.31. The predicted molar refractivity (Wildman–Crippen MR) is 60.3 cm³/mol. The second-order valence-corrected chi connectivity index (χ2v) is 4.36. The van der Waals surface area contributed by atoms with Gasteiger partial charge in [-0.25, -0.2) is 0 Å². The maximum atomic E-state index is 3.19. The van der Waals surface area contributed by atoms with Crippen LogP contribution in [0.4, 0.5) is 5.69 Å². The van der Waals surface area contributed by atoms with Crippen molar-refractivity contribution >= 4 is 5.69 Å². The molecule has 2 heteroatoms. The Morgan fingerprint density at radius 3 is 2.13 bits per heavy atom. The average Bonchev–Trinajstić information content (AvgIpc) is 2.30. The van der Waals surface area contributed by atoms with Crippen molar-refractivity contribution in [1.82, 2.24) is 0 Å². The summed E-state index contributed by atoms with van der Waals surface area (Å²) in [5, 5.41) is 0. The summed E-state index contributed by atoms with van der Waals surface area (Å²) in [5.41, 5.74) is 3.67. The summed E-state index contributed by atoms with van der Waals surface area (Å²) >= 11 is 3.19. The van der Waals surface area contributed by atoms with Gasteiger partial charge in [0.05, 0.1) is 0 Å². The number of nitrogens with zero attached hydrogens (tertiary/aromatic N) is 1. The van der Waals surface area contributed by atoms with E-state index in [1.807, 2.05) is 22.7 Å². The van der Waals surface area contributed by atoms with E-state index in [1.54, 1.807) is 0 Å². The van der Waals surface area contributed by atoms with Gasteiger partial charge in [0.25, 0.3) is 0 Å². The molecule has 0 aliphatic carbocycles. The summed E-state index contributed by atoms with van der Waals surface area (Å²) in [7, 11) is 2.00. The van der Waals surface area contributed by atoms with Crippen LogP contribution in [-0.4, -0.2) is 7.05 Å². The van der Waals surface area contributed by atoms with Gasteiger partial charge in [0.1, 0.15) is 0 Å². The van der Waals surface area contributed by atoms with E-state index in [1.165, 1.54) is 16.8 Å². The Bertz CT molecular complexity index is 437. The molecule has 0 N–H and O–H groups in total. The van der Waals surface area contributed by atoms with Gasteiger partial charge in [0.15, 0.2) is 0 Å². The summed E-state index contributed by atoms with van der Waals surface area (Å²) in [6.45, 7) is 0. The summed E-state index contributed by atoms with van der Waals surface area (Å²) in [5.74, 6) is 0. The monoisotopic (exact) mass is 288 g/mol. The van der Waals surface area contributed by atoms with Crippen molar-refractivity contribution < 1.29 is 19.4 Å². The van der Waals surface area contributed by atoms with Crippen LogP contribution in [0, 0.1) is 0 Å². The molecule has 2 aromatic rings. The summed E-state index contributed by atoms with van der Waals surface area (Å²) in [6, 6.07) is 18.7. The van der Waals surface area contributed by atoms with Crippen LogP contribution in [0.1, 0.15) is 0 Å². The molecule has 0 radical (unpaired) electrons. The van der Waals surface area contributed by atoms with Gasteiger partial charge in [0.2, 0.25) is 0 Å². The quantitative estimate of drug-likeness (QED) is 0.767. The molecule has 0 atom stereocenters. The molecular weight excluding hydrogens is 277 g/mol. The first-order valence-electron chi connectivity index (χ1n) is 4.80. The van der Waals surface area contributed by atoms with E-state index in [-0.39, 0.29) is 0 Å². The molecule has 0 aromatic heterocycles. The Balaban J connectivity index is 2.53. The van der Waals surface area contributed by atoms with Crippen molar-refractivity contribution in [2.75, 3.05) is 10.6 Å². The van der Waals surface area contributed by atoms with E-state index >= 15 is 0 Å². The van der Waals surface area contributed by atoms with Gasteiger partial charge in [-0.1, -0.05) is 0 Å². The van der Waals surface area contributed by atoms with Gasteiger partial charge < -0.3 is 0 Å². The third kappa shape index (κ3) is 2.29. The zero-order valence-corrected chi connectivity index (χ0v) is 10.0. The van der Waals surface area contributed by atoms with Gasteiger partial charge >= 0.3 is 101 Å². The second kappa shape index (κ2) is 4.61. The van der Waals surface area contributed by atoms with Crippen molar-refractivity contribution in [1.29, 1.82) is 0 Å². The fraction of sp³-hybridized carbons (Fsp3) is 0.0769. The van der Waals surface area contributed by atoms with Crippen molar-refractivity contribution in [3.05, 3.63) is 54.6 Å². The fourth-order valence-corrected chi connectivity index (χ4v) is 1.90. The van der Waals surface area contributed by atoms with Gasteiger partial charge in [-0.05, 0) is 0 Å². The molecule has 2 rings (SSSR count). The number of hydrogen-bond acceptors (Lipinski definition) is 1. The normalized spacial score (nSPS) is 10.0. The molecule has 0 aliphatic heterocycles. The maximum absolute atomic E-state index is 3.19. The number of rotatable bonds is 2. The van der Waals surface area contributed by atoms with Gasteiger partial charge in [-0.3, -0.25) is 0 Å². The van der Waals surface area contributed by atoms with Crippen molar-refractivity contribution in [3.8, 4) is 11.1 Å².